The Hall–Kier alpha value is -0.340. The van der Waals surface area contributed by atoms with Crippen molar-refractivity contribution in [3.8, 4) is 0 Å². The Labute approximate surface area is 94.7 Å². The minimum absolute atomic E-state index is 0.615. The van der Waals surface area contributed by atoms with Crippen LogP contribution in [0.15, 0.2) is 12.7 Å². The topological polar surface area (TPSA) is 15.3 Å². The van der Waals surface area contributed by atoms with Crippen molar-refractivity contribution in [2.45, 2.75) is 44.7 Å². The predicted molar refractivity (Wildman–Crippen MR) is 67.1 cm³/mol. The maximum Gasteiger partial charge on any atom is 0.0242 e. The molecule has 1 fully saturated rings. The van der Waals surface area contributed by atoms with Crippen LogP contribution in [0.25, 0.3) is 0 Å². The van der Waals surface area contributed by atoms with E-state index in [1.54, 1.807) is 0 Å². The van der Waals surface area contributed by atoms with E-state index in [4.69, 9.17) is 0 Å². The van der Waals surface area contributed by atoms with Gasteiger partial charge in [-0.1, -0.05) is 6.08 Å². The van der Waals surface area contributed by atoms with Crippen LogP contribution in [0.1, 0.15) is 32.6 Å². The standard InChI is InChI=1S/C13H26N2/c1-5-6-7-11(2)14-10-13(15(3)4)12-8-9-12/h5,11-14H,1,6-10H2,2-4H3. The van der Waals surface area contributed by atoms with E-state index < -0.39 is 0 Å². The van der Waals surface area contributed by atoms with Crippen LogP contribution in [0.5, 0.6) is 0 Å². The normalized spacial score (nSPS) is 20.3. The van der Waals surface area contributed by atoms with E-state index in [1.807, 2.05) is 6.08 Å². The third kappa shape index (κ3) is 4.80. The molecule has 2 atom stereocenters. The van der Waals surface area contributed by atoms with Gasteiger partial charge in [0.15, 0.2) is 0 Å². The van der Waals surface area contributed by atoms with Crippen LogP contribution in [0, 0.1) is 5.92 Å². The molecular formula is C13H26N2. The minimum Gasteiger partial charge on any atom is -0.313 e. The molecule has 2 unspecified atom stereocenters. The van der Waals surface area contributed by atoms with Gasteiger partial charge in [0.05, 0.1) is 0 Å². The van der Waals surface area contributed by atoms with E-state index in [1.165, 1.54) is 19.3 Å². The van der Waals surface area contributed by atoms with Gasteiger partial charge in [0.25, 0.3) is 0 Å². The first kappa shape index (κ1) is 12.7. The van der Waals surface area contributed by atoms with Crippen molar-refractivity contribution in [3.05, 3.63) is 12.7 Å². The lowest BCUT2D eigenvalue weighted by Gasteiger charge is -2.26. The monoisotopic (exact) mass is 210 g/mol. The molecule has 0 saturated heterocycles. The molecule has 0 aromatic rings. The molecule has 1 aliphatic carbocycles. The van der Waals surface area contributed by atoms with Gasteiger partial charge < -0.3 is 10.2 Å². The Balaban J connectivity index is 2.17. The van der Waals surface area contributed by atoms with Gasteiger partial charge in [-0.25, -0.2) is 0 Å². The first-order valence-electron chi connectivity index (χ1n) is 6.16. The third-order valence-electron chi connectivity index (χ3n) is 3.31. The lowest BCUT2D eigenvalue weighted by atomic mass is 10.1. The summed E-state index contributed by atoms with van der Waals surface area (Å²) in [5.41, 5.74) is 0. The highest BCUT2D eigenvalue weighted by Gasteiger charge is 2.32. The van der Waals surface area contributed by atoms with Gasteiger partial charge in [-0.05, 0) is 52.6 Å². The van der Waals surface area contributed by atoms with Gasteiger partial charge in [0.1, 0.15) is 0 Å². The molecule has 0 amide bonds. The van der Waals surface area contributed by atoms with Gasteiger partial charge in [-0.2, -0.15) is 0 Å². The van der Waals surface area contributed by atoms with Crippen LogP contribution in [0.4, 0.5) is 0 Å². The Morgan fingerprint density at radius 3 is 2.60 bits per heavy atom. The second-order valence-corrected chi connectivity index (χ2v) is 5.04. The maximum absolute atomic E-state index is 3.76. The Morgan fingerprint density at radius 1 is 1.47 bits per heavy atom. The molecule has 15 heavy (non-hydrogen) atoms. The minimum atomic E-state index is 0.615. The second-order valence-electron chi connectivity index (χ2n) is 5.04. The summed E-state index contributed by atoms with van der Waals surface area (Å²) in [5, 5.41) is 3.63. The third-order valence-corrected chi connectivity index (χ3v) is 3.31. The van der Waals surface area contributed by atoms with E-state index in [0.29, 0.717) is 6.04 Å². The summed E-state index contributed by atoms with van der Waals surface area (Å²) >= 11 is 0. The summed E-state index contributed by atoms with van der Waals surface area (Å²) in [6.45, 7) is 7.16. The molecule has 0 heterocycles. The summed E-state index contributed by atoms with van der Waals surface area (Å²) in [5.74, 6) is 0.944. The largest absolute Gasteiger partial charge is 0.313 e. The molecule has 0 aliphatic heterocycles. The summed E-state index contributed by atoms with van der Waals surface area (Å²) in [6, 6.07) is 1.35. The predicted octanol–water partition coefficient (Wildman–Crippen LogP) is 2.27. The fraction of sp³-hybridized carbons (Fsp3) is 0.846. The van der Waals surface area contributed by atoms with E-state index in [-0.39, 0.29) is 0 Å². The highest BCUT2D eigenvalue weighted by molar-refractivity contribution is 4.88. The SMILES string of the molecule is C=CCCC(C)NCC(C1CC1)N(C)C. The highest BCUT2D eigenvalue weighted by Crippen LogP contribution is 2.34. The number of nitrogens with one attached hydrogen (secondary N) is 1. The van der Waals surface area contributed by atoms with Crippen LogP contribution in [-0.4, -0.2) is 37.6 Å². The molecule has 0 radical (unpaired) electrons. The average Bonchev–Trinajstić information content (AvgIpc) is 2.98. The fourth-order valence-corrected chi connectivity index (χ4v) is 2.04. The first-order chi connectivity index (χ1) is 7.15. The molecular weight excluding hydrogens is 184 g/mol. The summed E-state index contributed by atoms with van der Waals surface area (Å²) in [7, 11) is 4.39. The molecule has 0 aromatic heterocycles. The van der Waals surface area contributed by atoms with Crippen molar-refractivity contribution < 1.29 is 0 Å². The number of hydrogen-bond donors (Lipinski definition) is 1. The molecule has 2 heteroatoms. The van der Waals surface area contributed by atoms with E-state index in [2.05, 4.69) is 37.8 Å². The van der Waals surface area contributed by atoms with Crippen LogP contribution in [0.3, 0.4) is 0 Å². The second kappa shape index (κ2) is 6.29. The van der Waals surface area contributed by atoms with Crippen molar-refractivity contribution in [2.75, 3.05) is 20.6 Å². The molecule has 1 rings (SSSR count). The van der Waals surface area contributed by atoms with Crippen molar-refractivity contribution >= 4 is 0 Å². The fourth-order valence-electron chi connectivity index (χ4n) is 2.04. The van der Waals surface area contributed by atoms with Gasteiger partial charge >= 0.3 is 0 Å². The molecule has 1 saturated carbocycles. The van der Waals surface area contributed by atoms with Crippen LogP contribution in [0.2, 0.25) is 0 Å². The van der Waals surface area contributed by atoms with Gasteiger partial charge in [0.2, 0.25) is 0 Å². The van der Waals surface area contributed by atoms with Crippen molar-refractivity contribution in [3.63, 3.8) is 0 Å². The van der Waals surface area contributed by atoms with Gasteiger partial charge in [-0.3, -0.25) is 0 Å². The van der Waals surface area contributed by atoms with E-state index in [9.17, 15) is 0 Å². The average molecular weight is 210 g/mol. The Kier molecular flexibility index (Phi) is 5.34. The molecule has 0 spiro atoms. The highest BCUT2D eigenvalue weighted by atomic mass is 15.1. The first-order valence-corrected chi connectivity index (χ1v) is 6.16. The number of likely N-dealkylation sites (N-methyl/N-ethyl adjacent to an activating group) is 1. The molecule has 0 bridgehead atoms. The van der Waals surface area contributed by atoms with Gasteiger partial charge in [-0.15, -0.1) is 6.58 Å². The lowest BCUT2D eigenvalue weighted by molar-refractivity contribution is 0.248. The number of rotatable bonds is 8. The zero-order valence-corrected chi connectivity index (χ0v) is 10.5. The molecule has 1 N–H and O–H groups in total. The van der Waals surface area contributed by atoms with Crippen molar-refractivity contribution in [2.24, 2.45) is 5.92 Å². The molecule has 88 valence electrons. The number of nitrogens with zero attached hydrogens (tertiary/aromatic N) is 1. The maximum atomic E-state index is 3.76. The molecule has 0 aromatic carbocycles. The molecule has 1 aliphatic rings. The summed E-state index contributed by atoms with van der Waals surface area (Å²) < 4.78 is 0. The van der Waals surface area contributed by atoms with E-state index >= 15 is 0 Å². The smallest absolute Gasteiger partial charge is 0.0242 e. The summed E-state index contributed by atoms with van der Waals surface area (Å²) in [4.78, 5) is 2.37. The van der Waals surface area contributed by atoms with Crippen molar-refractivity contribution in [1.82, 2.24) is 10.2 Å². The van der Waals surface area contributed by atoms with Crippen LogP contribution < -0.4 is 5.32 Å². The quantitative estimate of drug-likeness (QED) is 0.618. The Bertz CT molecular complexity index is 183. The van der Waals surface area contributed by atoms with Crippen molar-refractivity contribution in [1.29, 1.82) is 0 Å². The van der Waals surface area contributed by atoms with E-state index in [0.717, 1.165) is 24.9 Å². The Morgan fingerprint density at radius 2 is 2.13 bits per heavy atom. The number of hydrogen-bond acceptors (Lipinski definition) is 2. The zero-order valence-electron chi connectivity index (χ0n) is 10.5. The summed E-state index contributed by atoms with van der Waals surface area (Å²) in [6.07, 6.45) is 7.16. The molecule has 2 nitrogen and oxygen atoms in total. The van der Waals surface area contributed by atoms with Gasteiger partial charge in [0, 0.05) is 18.6 Å². The lowest BCUT2D eigenvalue weighted by Crippen LogP contribution is -2.42. The number of allylic oxidation sites excluding steroid dienone is 1. The van der Waals surface area contributed by atoms with Crippen LogP contribution in [-0.2, 0) is 0 Å². The van der Waals surface area contributed by atoms with Crippen LogP contribution >= 0.6 is 0 Å². The zero-order chi connectivity index (χ0) is 11.3.